The summed E-state index contributed by atoms with van der Waals surface area (Å²) < 4.78 is 1.46. The Morgan fingerprint density at radius 2 is 2.27 bits per heavy atom. The first-order chi connectivity index (χ1) is 7.13. The number of aromatic amines is 1. The Bertz CT molecular complexity index is 556. The van der Waals surface area contributed by atoms with Gasteiger partial charge in [-0.1, -0.05) is 0 Å². The number of rotatable bonds is 2. The van der Waals surface area contributed by atoms with Gasteiger partial charge in [-0.3, -0.25) is 9.89 Å². The van der Waals surface area contributed by atoms with Gasteiger partial charge in [-0.2, -0.15) is 0 Å². The summed E-state index contributed by atoms with van der Waals surface area (Å²) in [5.74, 6) is 0.434. The second kappa shape index (κ2) is 3.70. The number of fused-ring (bicyclic) bond motifs is 1. The maximum atomic E-state index is 12.0. The van der Waals surface area contributed by atoms with Crippen LogP contribution in [0.3, 0.4) is 0 Å². The predicted molar refractivity (Wildman–Crippen MR) is 59.7 cm³/mol. The summed E-state index contributed by atoms with van der Waals surface area (Å²) in [4.78, 5) is 16.3. The predicted octanol–water partition coefficient (Wildman–Crippen LogP) is 1.42. The molecular formula is C10H12ClN3O. The zero-order chi connectivity index (χ0) is 11.0. The Labute approximate surface area is 91.9 Å². The monoisotopic (exact) mass is 225 g/mol. The van der Waals surface area contributed by atoms with Crippen molar-refractivity contribution in [3.8, 4) is 0 Å². The van der Waals surface area contributed by atoms with E-state index in [0.29, 0.717) is 23.5 Å². The SMILES string of the molecule is Cc1cc2nc(C)c(CCCl)c(=O)n2[nH]1. The lowest BCUT2D eigenvalue weighted by Gasteiger charge is -2.02. The van der Waals surface area contributed by atoms with Crippen molar-refractivity contribution in [1.29, 1.82) is 0 Å². The molecule has 2 heterocycles. The average Bonchev–Trinajstić information content (AvgIpc) is 2.53. The molecule has 5 heteroatoms. The molecule has 15 heavy (non-hydrogen) atoms. The van der Waals surface area contributed by atoms with Gasteiger partial charge in [0.1, 0.15) is 0 Å². The molecule has 0 aliphatic carbocycles. The Morgan fingerprint density at radius 3 is 2.93 bits per heavy atom. The van der Waals surface area contributed by atoms with Crippen LogP contribution in [0.1, 0.15) is 17.0 Å². The molecule has 2 rings (SSSR count). The largest absolute Gasteiger partial charge is 0.294 e. The van der Waals surface area contributed by atoms with Crippen LogP contribution in [0.4, 0.5) is 0 Å². The molecule has 0 aromatic carbocycles. The van der Waals surface area contributed by atoms with Gasteiger partial charge in [0, 0.05) is 28.9 Å². The van der Waals surface area contributed by atoms with Crippen LogP contribution in [0, 0.1) is 13.8 Å². The Balaban J connectivity index is 2.77. The van der Waals surface area contributed by atoms with Gasteiger partial charge in [0.25, 0.3) is 5.56 Å². The number of nitrogens with zero attached hydrogens (tertiary/aromatic N) is 2. The second-order valence-corrected chi connectivity index (χ2v) is 3.93. The summed E-state index contributed by atoms with van der Waals surface area (Å²) in [6.07, 6.45) is 0.556. The third-order valence-electron chi connectivity index (χ3n) is 2.39. The molecule has 0 saturated heterocycles. The minimum Gasteiger partial charge on any atom is -0.294 e. The van der Waals surface area contributed by atoms with Gasteiger partial charge in [-0.25, -0.2) is 9.50 Å². The lowest BCUT2D eigenvalue weighted by molar-refractivity contribution is 0.842. The molecular weight excluding hydrogens is 214 g/mol. The molecule has 0 amide bonds. The van der Waals surface area contributed by atoms with Crippen molar-refractivity contribution in [2.24, 2.45) is 0 Å². The van der Waals surface area contributed by atoms with E-state index in [1.165, 1.54) is 4.52 Å². The zero-order valence-electron chi connectivity index (χ0n) is 8.67. The fourth-order valence-electron chi connectivity index (χ4n) is 1.67. The van der Waals surface area contributed by atoms with Gasteiger partial charge in [0.05, 0.1) is 0 Å². The number of H-pyrrole nitrogens is 1. The van der Waals surface area contributed by atoms with Gasteiger partial charge in [-0.05, 0) is 20.3 Å². The Kier molecular flexibility index (Phi) is 2.52. The summed E-state index contributed by atoms with van der Waals surface area (Å²) >= 11 is 5.65. The smallest absolute Gasteiger partial charge is 0.276 e. The molecule has 1 N–H and O–H groups in total. The molecule has 0 aliphatic rings. The first kappa shape index (κ1) is 10.2. The van der Waals surface area contributed by atoms with Gasteiger partial charge in [-0.15, -0.1) is 11.6 Å². The number of nitrogens with one attached hydrogen (secondary N) is 1. The van der Waals surface area contributed by atoms with Gasteiger partial charge in [0.2, 0.25) is 0 Å². The lowest BCUT2D eigenvalue weighted by Crippen LogP contribution is -2.22. The van der Waals surface area contributed by atoms with Crippen molar-refractivity contribution in [3.63, 3.8) is 0 Å². The van der Waals surface area contributed by atoms with E-state index < -0.39 is 0 Å². The van der Waals surface area contributed by atoms with Crippen molar-refractivity contribution < 1.29 is 0 Å². The number of aromatic nitrogens is 3. The number of hydrogen-bond donors (Lipinski definition) is 1. The average molecular weight is 226 g/mol. The number of halogens is 1. The molecule has 2 aromatic heterocycles. The molecule has 0 saturated carbocycles. The van der Waals surface area contributed by atoms with Crippen LogP contribution in [0.2, 0.25) is 0 Å². The maximum absolute atomic E-state index is 12.0. The van der Waals surface area contributed by atoms with E-state index in [9.17, 15) is 4.79 Å². The first-order valence-electron chi connectivity index (χ1n) is 4.77. The molecule has 0 fully saturated rings. The van der Waals surface area contributed by atoms with Crippen LogP contribution in [0.15, 0.2) is 10.9 Å². The highest BCUT2D eigenvalue weighted by Crippen LogP contribution is 2.06. The molecule has 2 aromatic rings. The molecule has 80 valence electrons. The molecule has 0 radical (unpaired) electrons. The van der Waals surface area contributed by atoms with Crippen molar-refractivity contribution in [2.75, 3.05) is 5.88 Å². The molecule has 0 aliphatic heterocycles. The topological polar surface area (TPSA) is 50.2 Å². The summed E-state index contributed by atoms with van der Waals surface area (Å²) in [7, 11) is 0. The maximum Gasteiger partial charge on any atom is 0.276 e. The molecule has 0 spiro atoms. The standard InChI is InChI=1S/C10H12ClN3O/c1-6-5-9-12-7(2)8(3-4-11)10(15)14(9)13-6/h5,13H,3-4H2,1-2H3. The van der Waals surface area contributed by atoms with Crippen molar-refractivity contribution in [3.05, 3.63) is 33.4 Å². The van der Waals surface area contributed by atoms with Crippen LogP contribution in [0.5, 0.6) is 0 Å². The molecule has 0 bridgehead atoms. The van der Waals surface area contributed by atoms with Crippen LogP contribution < -0.4 is 5.56 Å². The third kappa shape index (κ3) is 1.65. The lowest BCUT2D eigenvalue weighted by atomic mass is 10.2. The zero-order valence-corrected chi connectivity index (χ0v) is 9.43. The number of aryl methyl sites for hydroxylation is 2. The summed E-state index contributed by atoms with van der Waals surface area (Å²) in [6.45, 7) is 3.73. The van der Waals surface area contributed by atoms with Crippen molar-refractivity contribution in [1.82, 2.24) is 14.6 Å². The van der Waals surface area contributed by atoms with E-state index >= 15 is 0 Å². The van der Waals surface area contributed by atoms with Crippen LogP contribution in [0.25, 0.3) is 5.65 Å². The number of hydrogen-bond acceptors (Lipinski definition) is 2. The van der Waals surface area contributed by atoms with Crippen molar-refractivity contribution in [2.45, 2.75) is 20.3 Å². The summed E-state index contributed by atoms with van der Waals surface area (Å²) in [5, 5.41) is 2.95. The van der Waals surface area contributed by atoms with E-state index in [4.69, 9.17) is 11.6 Å². The fraction of sp³-hybridized carbons (Fsp3) is 0.400. The van der Waals surface area contributed by atoms with E-state index in [0.717, 1.165) is 11.4 Å². The Morgan fingerprint density at radius 1 is 1.53 bits per heavy atom. The third-order valence-corrected chi connectivity index (χ3v) is 2.58. The summed E-state index contributed by atoms with van der Waals surface area (Å²) in [5.41, 5.74) is 2.98. The minimum atomic E-state index is -0.0498. The Hall–Kier alpha value is -1.29. The second-order valence-electron chi connectivity index (χ2n) is 3.55. The molecule has 0 atom stereocenters. The quantitative estimate of drug-likeness (QED) is 0.786. The minimum absolute atomic E-state index is 0.0498. The van der Waals surface area contributed by atoms with E-state index in [1.54, 1.807) is 0 Å². The van der Waals surface area contributed by atoms with Gasteiger partial charge < -0.3 is 0 Å². The molecule has 0 unspecified atom stereocenters. The van der Waals surface area contributed by atoms with E-state index in [2.05, 4.69) is 10.1 Å². The van der Waals surface area contributed by atoms with Gasteiger partial charge in [0.15, 0.2) is 5.65 Å². The highest BCUT2D eigenvalue weighted by Gasteiger charge is 2.10. The first-order valence-corrected chi connectivity index (χ1v) is 5.30. The van der Waals surface area contributed by atoms with Crippen LogP contribution in [-0.2, 0) is 6.42 Å². The van der Waals surface area contributed by atoms with E-state index in [1.807, 2.05) is 19.9 Å². The highest BCUT2D eigenvalue weighted by atomic mass is 35.5. The van der Waals surface area contributed by atoms with E-state index in [-0.39, 0.29) is 5.56 Å². The highest BCUT2D eigenvalue weighted by molar-refractivity contribution is 6.17. The fourth-order valence-corrected chi connectivity index (χ4v) is 1.86. The summed E-state index contributed by atoms with van der Waals surface area (Å²) in [6, 6.07) is 1.85. The number of alkyl halides is 1. The van der Waals surface area contributed by atoms with Crippen LogP contribution >= 0.6 is 11.6 Å². The van der Waals surface area contributed by atoms with Gasteiger partial charge >= 0.3 is 0 Å². The van der Waals surface area contributed by atoms with Crippen molar-refractivity contribution >= 4 is 17.2 Å². The van der Waals surface area contributed by atoms with Crippen LogP contribution in [-0.4, -0.2) is 20.5 Å². The normalized spacial score (nSPS) is 11.1. The molecule has 4 nitrogen and oxygen atoms in total.